The standard InChI is InChI=1S/C51H33N/c1-3-14-34(15-4-1)38-29-30-46-47(32-38)50(35-16-5-2-6-17-35)43-22-10-7-19-40(43)49(46)37-27-25-36(26-28-37)48-41-20-8-11-23-44(41)51(39-18-13-31-52-33-39)45-24-12-9-21-42(45)48/h1-33H. The van der Waals surface area contributed by atoms with Gasteiger partial charge in [0.05, 0.1) is 0 Å². The van der Waals surface area contributed by atoms with E-state index < -0.39 is 0 Å². The van der Waals surface area contributed by atoms with Crippen LogP contribution in [-0.2, 0) is 0 Å². The lowest BCUT2D eigenvalue weighted by atomic mass is 9.84. The molecule has 1 aromatic heterocycles. The van der Waals surface area contributed by atoms with Gasteiger partial charge in [0, 0.05) is 18.0 Å². The molecule has 52 heavy (non-hydrogen) atoms. The van der Waals surface area contributed by atoms with Gasteiger partial charge in [0.15, 0.2) is 0 Å². The molecule has 10 aromatic rings. The first kappa shape index (κ1) is 30.0. The summed E-state index contributed by atoms with van der Waals surface area (Å²) in [6.45, 7) is 0. The van der Waals surface area contributed by atoms with Gasteiger partial charge in [0.1, 0.15) is 0 Å². The summed E-state index contributed by atoms with van der Waals surface area (Å²) in [5, 5.41) is 9.97. The monoisotopic (exact) mass is 659 g/mol. The van der Waals surface area contributed by atoms with Crippen LogP contribution in [0.15, 0.2) is 200 Å². The van der Waals surface area contributed by atoms with Gasteiger partial charge in [-0.2, -0.15) is 0 Å². The van der Waals surface area contributed by atoms with Crippen molar-refractivity contribution in [1.29, 1.82) is 0 Å². The van der Waals surface area contributed by atoms with E-state index in [0.29, 0.717) is 0 Å². The molecule has 0 N–H and O–H groups in total. The first-order valence-electron chi connectivity index (χ1n) is 17.9. The van der Waals surface area contributed by atoms with Gasteiger partial charge in [-0.05, 0) is 105 Å². The molecule has 0 spiro atoms. The Morgan fingerprint density at radius 3 is 1.04 bits per heavy atom. The van der Waals surface area contributed by atoms with Crippen molar-refractivity contribution >= 4 is 43.1 Å². The van der Waals surface area contributed by atoms with Crippen molar-refractivity contribution in [3.05, 3.63) is 200 Å². The largest absolute Gasteiger partial charge is 0.264 e. The van der Waals surface area contributed by atoms with Crippen LogP contribution in [0.2, 0.25) is 0 Å². The highest BCUT2D eigenvalue weighted by Crippen LogP contribution is 2.47. The molecule has 0 aliphatic heterocycles. The third-order valence-corrected chi connectivity index (χ3v) is 10.5. The second-order valence-corrected chi connectivity index (χ2v) is 13.4. The lowest BCUT2D eigenvalue weighted by Crippen LogP contribution is -1.93. The smallest absolute Gasteiger partial charge is 0.0346 e. The highest BCUT2D eigenvalue weighted by Gasteiger charge is 2.19. The molecule has 242 valence electrons. The molecular weight excluding hydrogens is 627 g/mol. The Hall–Kier alpha value is -6.83. The minimum atomic E-state index is 1.13. The van der Waals surface area contributed by atoms with Crippen LogP contribution in [0, 0.1) is 0 Å². The number of hydrogen-bond acceptors (Lipinski definition) is 1. The number of fused-ring (bicyclic) bond motifs is 4. The molecule has 0 unspecified atom stereocenters. The minimum absolute atomic E-state index is 1.13. The zero-order valence-corrected chi connectivity index (χ0v) is 28.5. The van der Waals surface area contributed by atoms with Gasteiger partial charge in [-0.1, -0.05) is 176 Å². The maximum absolute atomic E-state index is 4.48. The molecule has 1 heteroatoms. The normalized spacial score (nSPS) is 11.5. The number of aromatic nitrogens is 1. The quantitative estimate of drug-likeness (QED) is 0.168. The number of hydrogen-bond donors (Lipinski definition) is 0. The van der Waals surface area contributed by atoms with Gasteiger partial charge in [-0.3, -0.25) is 4.98 Å². The molecule has 0 fully saturated rings. The zero-order valence-electron chi connectivity index (χ0n) is 28.5. The van der Waals surface area contributed by atoms with Gasteiger partial charge in [0.25, 0.3) is 0 Å². The van der Waals surface area contributed by atoms with Crippen molar-refractivity contribution in [1.82, 2.24) is 4.98 Å². The van der Waals surface area contributed by atoms with Crippen molar-refractivity contribution in [3.8, 4) is 55.6 Å². The molecule has 0 amide bonds. The summed E-state index contributed by atoms with van der Waals surface area (Å²) in [7, 11) is 0. The topological polar surface area (TPSA) is 12.9 Å². The van der Waals surface area contributed by atoms with Crippen molar-refractivity contribution in [2.75, 3.05) is 0 Å². The second kappa shape index (κ2) is 12.5. The molecule has 0 aliphatic rings. The van der Waals surface area contributed by atoms with Crippen LogP contribution in [0.1, 0.15) is 0 Å². The van der Waals surface area contributed by atoms with Gasteiger partial charge in [-0.15, -0.1) is 0 Å². The molecule has 1 heterocycles. The van der Waals surface area contributed by atoms with Crippen molar-refractivity contribution < 1.29 is 0 Å². The Labute approximate surface area is 303 Å². The molecular formula is C51H33N. The minimum Gasteiger partial charge on any atom is -0.264 e. The number of rotatable bonds is 5. The van der Waals surface area contributed by atoms with Crippen LogP contribution in [-0.4, -0.2) is 4.98 Å². The van der Waals surface area contributed by atoms with Crippen LogP contribution in [0.3, 0.4) is 0 Å². The van der Waals surface area contributed by atoms with E-state index in [9.17, 15) is 0 Å². The van der Waals surface area contributed by atoms with E-state index in [2.05, 4.69) is 187 Å². The second-order valence-electron chi connectivity index (χ2n) is 13.4. The highest BCUT2D eigenvalue weighted by atomic mass is 14.6. The lowest BCUT2D eigenvalue weighted by molar-refractivity contribution is 1.33. The van der Waals surface area contributed by atoms with Gasteiger partial charge >= 0.3 is 0 Å². The Balaban J connectivity index is 1.21. The van der Waals surface area contributed by atoms with Gasteiger partial charge < -0.3 is 0 Å². The van der Waals surface area contributed by atoms with Crippen molar-refractivity contribution in [2.45, 2.75) is 0 Å². The lowest BCUT2D eigenvalue weighted by Gasteiger charge is -2.20. The fraction of sp³-hybridized carbons (Fsp3) is 0. The summed E-state index contributed by atoms with van der Waals surface area (Å²) in [6.07, 6.45) is 3.82. The van der Waals surface area contributed by atoms with E-state index in [-0.39, 0.29) is 0 Å². The molecule has 0 saturated heterocycles. The molecule has 0 radical (unpaired) electrons. The number of pyridine rings is 1. The summed E-state index contributed by atoms with van der Waals surface area (Å²) in [4.78, 5) is 4.48. The predicted molar refractivity (Wildman–Crippen MR) is 221 cm³/mol. The molecule has 0 saturated carbocycles. The first-order valence-corrected chi connectivity index (χ1v) is 17.9. The summed E-state index contributed by atoms with van der Waals surface area (Å²) >= 11 is 0. The molecule has 0 aliphatic carbocycles. The first-order chi connectivity index (χ1) is 25.8. The highest BCUT2D eigenvalue weighted by molar-refractivity contribution is 6.23. The van der Waals surface area contributed by atoms with Crippen LogP contribution >= 0.6 is 0 Å². The van der Waals surface area contributed by atoms with E-state index in [1.54, 1.807) is 0 Å². The third-order valence-electron chi connectivity index (χ3n) is 10.5. The van der Waals surface area contributed by atoms with Gasteiger partial charge in [-0.25, -0.2) is 0 Å². The van der Waals surface area contributed by atoms with Crippen LogP contribution in [0.25, 0.3) is 98.7 Å². The molecule has 1 nitrogen and oxygen atoms in total. The van der Waals surface area contributed by atoms with E-state index >= 15 is 0 Å². The summed E-state index contributed by atoms with van der Waals surface area (Å²) in [6, 6.07) is 68.5. The molecule has 0 atom stereocenters. The Morgan fingerprint density at radius 2 is 0.577 bits per heavy atom. The van der Waals surface area contributed by atoms with E-state index in [1.165, 1.54) is 93.2 Å². The van der Waals surface area contributed by atoms with E-state index in [4.69, 9.17) is 0 Å². The zero-order chi connectivity index (χ0) is 34.4. The Kier molecular flexibility index (Phi) is 7.22. The number of nitrogens with zero attached hydrogens (tertiary/aromatic N) is 1. The number of benzene rings is 9. The van der Waals surface area contributed by atoms with Crippen LogP contribution < -0.4 is 0 Å². The van der Waals surface area contributed by atoms with Gasteiger partial charge in [0.2, 0.25) is 0 Å². The van der Waals surface area contributed by atoms with E-state index in [1.807, 2.05) is 18.5 Å². The SMILES string of the molecule is c1ccc(-c2ccc3c(-c4ccc(-c5c6ccccc6c(-c6cccnc6)c6ccccc56)cc4)c4ccccc4c(-c4ccccc4)c3c2)cc1. The third kappa shape index (κ3) is 4.90. The molecule has 9 aromatic carbocycles. The van der Waals surface area contributed by atoms with E-state index in [0.717, 1.165) is 5.56 Å². The average molecular weight is 660 g/mol. The molecule has 10 rings (SSSR count). The van der Waals surface area contributed by atoms with Crippen molar-refractivity contribution in [2.24, 2.45) is 0 Å². The fourth-order valence-electron chi connectivity index (χ4n) is 8.28. The van der Waals surface area contributed by atoms with Crippen molar-refractivity contribution in [3.63, 3.8) is 0 Å². The Bertz CT molecular complexity index is 2850. The van der Waals surface area contributed by atoms with Crippen LogP contribution in [0.5, 0.6) is 0 Å². The average Bonchev–Trinajstić information content (AvgIpc) is 3.22. The predicted octanol–water partition coefficient (Wildman–Crippen LogP) is 14.0. The maximum Gasteiger partial charge on any atom is 0.0346 e. The molecule has 0 bridgehead atoms. The fourth-order valence-corrected chi connectivity index (χ4v) is 8.28. The summed E-state index contributed by atoms with van der Waals surface area (Å²) in [5.41, 5.74) is 12.2. The summed E-state index contributed by atoms with van der Waals surface area (Å²) in [5.74, 6) is 0. The Morgan fingerprint density at radius 1 is 0.231 bits per heavy atom. The maximum atomic E-state index is 4.48. The summed E-state index contributed by atoms with van der Waals surface area (Å²) < 4.78 is 0. The van der Waals surface area contributed by atoms with Crippen LogP contribution in [0.4, 0.5) is 0 Å².